The van der Waals surface area contributed by atoms with E-state index in [1.54, 1.807) is 30.5 Å². The molecule has 1 amide bonds. The maximum atomic E-state index is 12.6. The van der Waals surface area contributed by atoms with Crippen LogP contribution in [0.25, 0.3) is 28.3 Å². The third-order valence-electron chi connectivity index (χ3n) is 4.23. The molecule has 0 saturated carbocycles. The van der Waals surface area contributed by atoms with Crippen molar-refractivity contribution in [3.8, 4) is 17.4 Å². The Balaban J connectivity index is 1.59. The van der Waals surface area contributed by atoms with Gasteiger partial charge in [-0.1, -0.05) is 36.4 Å². The van der Waals surface area contributed by atoms with E-state index in [9.17, 15) is 10.1 Å². The second-order valence-electron chi connectivity index (χ2n) is 6.07. The van der Waals surface area contributed by atoms with E-state index in [1.807, 2.05) is 54.6 Å². The molecular weight excluding hydrogens is 350 g/mol. The number of carbonyl (C=O) groups excluding carboxylic acids is 1. The Kier molecular flexibility index (Phi) is 4.68. The number of hydrogen-bond acceptors (Lipinski definition) is 4. The Hall–Kier alpha value is -4.17. The summed E-state index contributed by atoms with van der Waals surface area (Å²) in [6.07, 6.45) is 3.13. The summed E-state index contributed by atoms with van der Waals surface area (Å²) in [7, 11) is 0. The Morgan fingerprint density at radius 1 is 1.00 bits per heavy atom. The summed E-state index contributed by atoms with van der Waals surface area (Å²) >= 11 is 0. The number of rotatable bonds is 4. The lowest BCUT2D eigenvalue weighted by molar-refractivity contribution is -0.112. The number of furan rings is 1. The molecule has 4 aromatic rings. The van der Waals surface area contributed by atoms with E-state index in [4.69, 9.17) is 4.42 Å². The summed E-state index contributed by atoms with van der Waals surface area (Å²) in [5.41, 5.74) is 2.24. The smallest absolute Gasteiger partial charge is 0.266 e. The lowest BCUT2D eigenvalue weighted by Crippen LogP contribution is -2.13. The minimum atomic E-state index is -0.503. The number of nitrogens with zero attached hydrogens (tertiary/aromatic N) is 2. The maximum Gasteiger partial charge on any atom is 0.266 e. The number of aromatic nitrogens is 1. The molecule has 1 N–H and O–H groups in total. The number of nitriles is 1. The van der Waals surface area contributed by atoms with Gasteiger partial charge >= 0.3 is 0 Å². The quantitative estimate of drug-likeness (QED) is 0.406. The van der Waals surface area contributed by atoms with Crippen molar-refractivity contribution in [3.05, 3.63) is 90.3 Å². The minimum absolute atomic E-state index is 0.0464. The Labute approximate surface area is 161 Å². The van der Waals surface area contributed by atoms with Crippen molar-refractivity contribution in [3.63, 3.8) is 0 Å². The number of fused-ring (bicyclic) bond motifs is 1. The Morgan fingerprint density at radius 3 is 2.68 bits per heavy atom. The van der Waals surface area contributed by atoms with Gasteiger partial charge in [-0.2, -0.15) is 5.26 Å². The van der Waals surface area contributed by atoms with Gasteiger partial charge in [0.2, 0.25) is 0 Å². The van der Waals surface area contributed by atoms with Gasteiger partial charge in [-0.25, -0.2) is 0 Å². The standard InChI is InChI=1S/C23H15N3O2/c24-15-17(14-18-11-12-22(28-18)16-6-2-1-3-7-16)23(27)26-21-10-4-9-20-19(21)8-5-13-25-20/h1-14H,(H,26,27)/b17-14+. The average molecular weight is 365 g/mol. The van der Waals surface area contributed by atoms with Gasteiger partial charge in [0.15, 0.2) is 0 Å². The molecule has 0 radical (unpaired) electrons. The first-order valence-corrected chi connectivity index (χ1v) is 8.67. The van der Waals surface area contributed by atoms with Crippen LogP contribution in [0.5, 0.6) is 0 Å². The van der Waals surface area contributed by atoms with Crippen molar-refractivity contribution in [2.75, 3.05) is 5.32 Å². The Bertz CT molecular complexity index is 1210. The molecule has 2 heterocycles. The maximum absolute atomic E-state index is 12.6. The molecule has 2 aromatic heterocycles. The van der Waals surface area contributed by atoms with Crippen LogP contribution in [0.1, 0.15) is 5.76 Å². The summed E-state index contributed by atoms with van der Waals surface area (Å²) < 4.78 is 5.76. The van der Waals surface area contributed by atoms with Crippen LogP contribution in [0.3, 0.4) is 0 Å². The number of nitrogens with one attached hydrogen (secondary N) is 1. The van der Waals surface area contributed by atoms with E-state index in [0.29, 0.717) is 17.2 Å². The van der Waals surface area contributed by atoms with E-state index in [1.165, 1.54) is 6.08 Å². The molecular formula is C23H15N3O2. The highest BCUT2D eigenvalue weighted by molar-refractivity contribution is 6.12. The lowest BCUT2D eigenvalue weighted by Gasteiger charge is -2.07. The van der Waals surface area contributed by atoms with Crippen LogP contribution in [0.2, 0.25) is 0 Å². The zero-order chi connectivity index (χ0) is 19.3. The van der Waals surface area contributed by atoms with Gasteiger partial charge in [-0.05, 0) is 36.4 Å². The van der Waals surface area contributed by atoms with Gasteiger partial charge in [0.25, 0.3) is 5.91 Å². The molecule has 0 fully saturated rings. The molecule has 0 atom stereocenters. The van der Waals surface area contributed by atoms with Gasteiger partial charge in [0.1, 0.15) is 23.2 Å². The Morgan fingerprint density at radius 2 is 1.86 bits per heavy atom. The molecule has 28 heavy (non-hydrogen) atoms. The van der Waals surface area contributed by atoms with Crippen LogP contribution < -0.4 is 5.32 Å². The zero-order valence-corrected chi connectivity index (χ0v) is 14.8. The zero-order valence-electron chi connectivity index (χ0n) is 14.8. The molecule has 0 spiro atoms. The fraction of sp³-hybridized carbons (Fsp3) is 0. The highest BCUT2D eigenvalue weighted by atomic mass is 16.3. The third kappa shape index (κ3) is 3.53. The van der Waals surface area contributed by atoms with Crippen molar-refractivity contribution in [2.24, 2.45) is 0 Å². The first-order chi connectivity index (χ1) is 13.7. The van der Waals surface area contributed by atoms with E-state index in [2.05, 4.69) is 10.3 Å². The van der Waals surface area contributed by atoms with E-state index >= 15 is 0 Å². The van der Waals surface area contributed by atoms with Crippen molar-refractivity contribution >= 4 is 28.6 Å². The number of carbonyl (C=O) groups is 1. The fourth-order valence-electron chi connectivity index (χ4n) is 2.88. The topological polar surface area (TPSA) is 78.9 Å². The molecule has 0 aliphatic heterocycles. The summed E-state index contributed by atoms with van der Waals surface area (Å²) in [6, 6.07) is 24.2. The number of pyridine rings is 1. The lowest BCUT2D eigenvalue weighted by atomic mass is 10.1. The third-order valence-corrected chi connectivity index (χ3v) is 4.23. The van der Waals surface area contributed by atoms with Gasteiger partial charge in [-0.15, -0.1) is 0 Å². The van der Waals surface area contributed by atoms with Crippen molar-refractivity contribution in [1.82, 2.24) is 4.98 Å². The SMILES string of the molecule is N#C/C(=C\c1ccc(-c2ccccc2)o1)C(=O)Nc1cccc2ncccc12. The van der Waals surface area contributed by atoms with Crippen LogP contribution in [0, 0.1) is 11.3 Å². The van der Waals surface area contributed by atoms with Crippen molar-refractivity contribution < 1.29 is 9.21 Å². The number of anilines is 1. The predicted octanol–water partition coefficient (Wildman–Crippen LogP) is 5.04. The fourth-order valence-corrected chi connectivity index (χ4v) is 2.88. The van der Waals surface area contributed by atoms with Crippen LogP contribution >= 0.6 is 0 Å². The number of benzene rings is 2. The number of amides is 1. The second-order valence-corrected chi connectivity index (χ2v) is 6.07. The summed E-state index contributed by atoms with van der Waals surface area (Å²) in [5, 5.41) is 13.0. The normalized spacial score (nSPS) is 11.2. The first kappa shape index (κ1) is 17.3. The number of hydrogen-bond donors (Lipinski definition) is 1. The van der Waals surface area contributed by atoms with Crippen molar-refractivity contribution in [2.45, 2.75) is 0 Å². The average Bonchev–Trinajstić information content (AvgIpc) is 3.21. The summed E-state index contributed by atoms with van der Waals surface area (Å²) in [5.74, 6) is 0.603. The van der Waals surface area contributed by atoms with Gasteiger partial charge in [0.05, 0.1) is 11.2 Å². The van der Waals surface area contributed by atoms with E-state index < -0.39 is 5.91 Å². The van der Waals surface area contributed by atoms with Gasteiger partial charge in [-0.3, -0.25) is 9.78 Å². The molecule has 134 valence electrons. The van der Waals surface area contributed by atoms with Gasteiger partial charge in [0, 0.05) is 23.2 Å². The molecule has 0 aliphatic carbocycles. The molecule has 5 nitrogen and oxygen atoms in total. The minimum Gasteiger partial charge on any atom is -0.457 e. The van der Waals surface area contributed by atoms with Crippen LogP contribution in [-0.2, 0) is 4.79 Å². The molecule has 4 rings (SSSR count). The van der Waals surface area contributed by atoms with E-state index in [0.717, 1.165) is 16.5 Å². The monoisotopic (exact) mass is 365 g/mol. The van der Waals surface area contributed by atoms with Crippen LogP contribution in [-0.4, -0.2) is 10.9 Å². The molecule has 0 saturated heterocycles. The predicted molar refractivity (Wildman–Crippen MR) is 108 cm³/mol. The highest BCUT2D eigenvalue weighted by Gasteiger charge is 2.13. The van der Waals surface area contributed by atoms with Crippen molar-refractivity contribution in [1.29, 1.82) is 5.26 Å². The molecule has 0 aliphatic rings. The molecule has 2 aromatic carbocycles. The van der Waals surface area contributed by atoms with Crippen LogP contribution in [0.15, 0.2) is 89.0 Å². The molecule has 0 unspecified atom stereocenters. The molecule has 5 heteroatoms. The first-order valence-electron chi connectivity index (χ1n) is 8.67. The van der Waals surface area contributed by atoms with Gasteiger partial charge < -0.3 is 9.73 Å². The highest BCUT2D eigenvalue weighted by Crippen LogP contribution is 2.24. The van der Waals surface area contributed by atoms with Crippen LogP contribution in [0.4, 0.5) is 5.69 Å². The van der Waals surface area contributed by atoms with E-state index in [-0.39, 0.29) is 5.57 Å². The largest absolute Gasteiger partial charge is 0.457 e. The summed E-state index contributed by atoms with van der Waals surface area (Å²) in [6.45, 7) is 0. The summed E-state index contributed by atoms with van der Waals surface area (Å²) in [4.78, 5) is 16.9. The second kappa shape index (κ2) is 7.60. The molecule has 0 bridgehead atoms.